The molecule has 0 unspecified atom stereocenters. The Bertz CT molecular complexity index is 80.0. The van der Waals surface area contributed by atoms with E-state index >= 15 is 0 Å². The molecular weight excluding hydrogens is 121 g/mol. The first-order chi connectivity index (χ1) is 2.64. The number of hydrogen-bond donors (Lipinski definition) is 3. The van der Waals surface area contributed by atoms with Crippen LogP contribution in [0.1, 0.15) is 0 Å². The fraction of sp³-hybridized carbons (Fsp3) is 0. The molecule has 6 heteroatoms. The van der Waals surface area contributed by atoms with Crippen molar-refractivity contribution in [1.29, 1.82) is 0 Å². The SMILES string of the molecule is F.N.O=C(O)C(=O)O. The van der Waals surface area contributed by atoms with Crippen molar-refractivity contribution in [3.05, 3.63) is 0 Å². The van der Waals surface area contributed by atoms with Crippen molar-refractivity contribution in [3.8, 4) is 0 Å². The molecule has 0 aromatic rings. The fourth-order valence-electron chi connectivity index (χ4n) is 0. The van der Waals surface area contributed by atoms with Gasteiger partial charge in [-0.15, -0.1) is 0 Å². The minimum atomic E-state index is -1.82. The van der Waals surface area contributed by atoms with Gasteiger partial charge in [0.15, 0.2) is 0 Å². The van der Waals surface area contributed by atoms with Crippen molar-refractivity contribution in [2.45, 2.75) is 0 Å². The van der Waals surface area contributed by atoms with Gasteiger partial charge in [-0.1, -0.05) is 0 Å². The smallest absolute Gasteiger partial charge is 0.414 e. The van der Waals surface area contributed by atoms with Crippen molar-refractivity contribution in [2.75, 3.05) is 0 Å². The summed E-state index contributed by atoms with van der Waals surface area (Å²) < 4.78 is 0. The fourth-order valence-corrected chi connectivity index (χ4v) is 0. The predicted octanol–water partition coefficient (Wildman–Crippen LogP) is -0.530. The van der Waals surface area contributed by atoms with E-state index < -0.39 is 11.9 Å². The Hall–Kier alpha value is -1.17. The van der Waals surface area contributed by atoms with Crippen LogP contribution in [0.15, 0.2) is 0 Å². The average Bonchev–Trinajstić information content (AvgIpc) is 1.36. The second-order valence-corrected chi connectivity index (χ2v) is 0.610. The maximum Gasteiger partial charge on any atom is 0.414 e. The van der Waals surface area contributed by atoms with Crippen LogP contribution in [0.5, 0.6) is 0 Å². The second kappa shape index (κ2) is 5.83. The van der Waals surface area contributed by atoms with Crippen LogP contribution in [0, 0.1) is 0 Å². The lowest BCUT2D eigenvalue weighted by atomic mass is 10.7. The molecule has 0 amide bonds. The minimum Gasteiger partial charge on any atom is -0.473 e. The molecule has 0 aromatic carbocycles. The topological polar surface area (TPSA) is 110 Å². The van der Waals surface area contributed by atoms with Crippen molar-refractivity contribution < 1.29 is 24.5 Å². The first kappa shape index (κ1) is 15.8. The van der Waals surface area contributed by atoms with Crippen LogP contribution < -0.4 is 6.15 Å². The Morgan fingerprint density at radius 3 is 1.12 bits per heavy atom. The van der Waals surface area contributed by atoms with Crippen LogP contribution in [0.3, 0.4) is 0 Å². The molecule has 0 aromatic heterocycles. The molecule has 5 nitrogen and oxygen atoms in total. The molecule has 0 heterocycles. The van der Waals surface area contributed by atoms with Crippen molar-refractivity contribution in [1.82, 2.24) is 6.15 Å². The van der Waals surface area contributed by atoms with E-state index in [-0.39, 0.29) is 10.9 Å². The Morgan fingerprint density at radius 2 is 1.12 bits per heavy atom. The minimum absolute atomic E-state index is 0. The number of halogens is 1. The Balaban J connectivity index is -0.000000125. The lowest BCUT2D eigenvalue weighted by Gasteiger charge is -1.72. The molecule has 0 saturated heterocycles. The van der Waals surface area contributed by atoms with Crippen LogP contribution in [-0.4, -0.2) is 22.2 Å². The summed E-state index contributed by atoms with van der Waals surface area (Å²) in [5.41, 5.74) is 0. The summed E-state index contributed by atoms with van der Waals surface area (Å²) in [7, 11) is 0. The molecule has 5 N–H and O–H groups in total. The molecule has 0 radical (unpaired) electrons. The highest BCUT2D eigenvalue weighted by Gasteiger charge is 2.04. The summed E-state index contributed by atoms with van der Waals surface area (Å²) in [5, 5.41) is 14.8. The predicted molar refractivity (Wildman–Crippen MR) is 22.8 cm³/mol. The van der Waals surface area contributed by atoms with Crippen LogP contribution in [-0.2, 0) is 9.59 Å². The van der Waals surface area contributed by atoms with E-state index in [0.717, 1.165) is 0 Å². The summed E-state index contributed by atoms with van der Waals surface area (Å²) in [6.45, 7) is 0. The van der Waals surface area contributed by atoms with Gasteiger partial charge in [0.1, 0.15) is 0 Å². The van der Waals surface area contributed by atoms with E-state index in [9.17, 15) is 0 Å². The van der Waals surface area contributed by atoms with Gasteiger partial charge in [-0.25, -0.2) is 9.59 Å². The van der Waals surface area contributed by atoms with E-state index in [1.54, 1.807) is 0 Å². The quantitative estimate of drug-likeness (QED) is 0.379. The summed E-state index contributed by atoms with van der Waals surface area (Å²) in [6, 6.07) is 0. The number of rotatable bonds is 0. The maximum absolute atomic E-state index is 9.10. The van der Waals surface area contributed by atoms with Gasteiger partial charge in [0.2, 0.25) is 0 Å². The van der Waals surface area contributed by atoms with E-state index in [4.69, 9.17) is 19.8 Å². The molecule has 0 spiro atoms. The third kappa shape index (κ3) is 8.85. The molecule has 8 heavy (non-hydrogen) atoms. The number of carbonyl (C=O) groups is 2. The number of hydrogen-bond acceptors (Lipinski definition) is 3. The lowest BCUT2D eigenvalue weighted by molar-refractivity contribution is -0.159. The molecule has 0 saturated carbocycles. The average molecular weight is 127 g/mol. The second-order valence-electron chi connectivity index (χ2n) is 0.610. The molecule has 0 aliphatic carbocycles. The van der Waals surface area contributed by atoms with Crippen molar-refractivity contribution in [3.63, 3.8) is 0 Å². The Labute approximate surface area is 43.9 Å². The number of carboxylic acid groups (broad SMARTS) is 2. The zero-order chi connectivity index (χ0) is 5.15. The third-order valence-corrected chi connectivity index (χ3v) is 0.183. The standard InChI is InChI=1S/C2H2O4.FH.H3N/c3-1(4)2(5)6;;/h(H,3,4)(H,5,6);1H;1H3. The van der Waals surface area contributed by atoms with Gasteiger partial charge in [0.25, 0.3) is 0 Å². The van der Waals surface area contributed by atoms with Crippen LogP contribution >= 0.6 is 0 Å². The summed E-state index contributed by atoms with van der Waals surface area (Å²) >= 11 is 0. The van der Waals surface area contributed by atoms with E-state index in [2.05, 4.69) is 0 Å². The van der Waals surface area contributed by atoms with Crippen LogP contribution in [0.25, 0.3) is 0 Å². The van der Waals surface area contributed by atoms with Crippen molar-refractivity contribution >= 4 is 11.9 Å². The molecule has 0 bridgehead atoms. The van der Waals surface area contributed by atoms with Gasteiger partial charge >= 0.3 is 11.9 Å². The van der Waals surface area contributed by atoms with Gasteiger partial charge in [-0.2, -0.15) is 0 Å². The molecule has 50 valence electrons. The van der Waals surface area contributed by atoms with Gasteiger partial charge in [-0.3, -0.25) is 4.70 Å². The normalized spacial score (nSPS) is 5.50. The molecule has 0 fully saturated rings. The monoisotopic (exact) mass is 127 g/mol. The molecule has 0 aliphatic rings. The van der Waals surface area contributed by atoms with Gasteiger partial charge in [-0.05, 0) is 0 Å². The van der Waals surface area contributed by atoms with Crippen molar-refractivity contribution in [2.24, 2.45) is 0 Å². The highest BCUT2D eigenvalue weighted by atomic mass is 19.0. The first-order valence-corrected chi connectivity index (χ1v) is 1.11. The molecular formula is C2H6FNO4. The van der Waals surface area contributed by atoms with E-state index in [1.165, 1.54) is 0 Å². The highest BCUT2D eigenvalue weighted by Crippen LogP contribution is 1.56. The van der Waals surface area contributed by atoms with Gasteiger partial charge in [0, 0.05) is 0 Å². The maximum atomic E-state index is 9.10. The highest BCUT2D eigenvalue weighted by molar-refractivity contribution is 6.27. The molecule has 0 atom stereocenters. The summed E-state index contributed by atoms with van der Waals surface area (Å²) in [4.78, 5) is 18.2. The van der Waals surface area contributed by atoms with Crippen LogP contribution in [0.2, 0.25) is 0 Å². The van der Waals surface area contributed by atoms with E-state index in [1.807, 2.05) is 0 Å². The van der Waals surface area contributed by atoms with Gasteiger partial charge in [0.05, 0.1) is 0 Å². The molecule has 0 aliphatic heterocycles. The van der Waals surface area contributed by atoms with Crippen LogP contribution in [0.4, 0.5) is 4.70 Å². The lowest BCUT2D eigenvalue weighted by Crippen LogP contribution is -2.09. The summed E-state index contributed by atoms with van der Waals surface area (Å²) in [5.74, 6) is -3.65. The zero-order valence-corrected chi connectivity index (χ0v) is 3.83. The molecule has 0 rings (SSSR count). The first-order valence-electron chi connectivity index (χ1n) is 1.11. The Kier molecular flexibility index (Phi) is 11.5. The Morgan fingerprint density at radius 1 is 1.00 bits per heavy atom. The summed E-state index contributed by atoms with van der Waals surface area (Å²) in [6.07, 6.45) is 0. The third-order valence-electron chi connectivity index (χ3n) is 0.183. The van der Waals surface area contributed by atoms with E-state index in [0.29, 0.717) is 0 Å². The van der Waals surface area contributed by atoms with Gasteiger partial charge < -0.3 is 16.4 Å². The number of carboxylic acids is 2. The number of aliphatic carboxylic acids is 2. The largest absolute Gasteiger partial charge is 0.473 e. The zero-order valence-electron chi connectivity index (χ0n) is 3.83.